The maximum absolute atomic E-state index is 11.1. The number of nitrogens with zero attached hydrogens (tertiary/aromatic N) is 1. The minimum Gasteiger partial charge on any atom is -0.480 e. The van der Waals surface area contributed by atoms with Crippen LogP contribution in [-0.2, 0) is 14.3 Å². The zero-order valence-corrected chi connectivity index (χ0v) is 12.6. The van der Waals surface area contributed by atoms with E-state index in [1.807, 2.05) is 0 Å². The minimum atomic E-state index is -1.05. The molecule has 0 aliphatic heterocycles. The van der Waals surface area contributed by atoms with Crippen LogP contribution in [0.25, 0.3) is 0 Å². The predicted molar refractivity (Wildman–Crippen MR) is 81.1 cm³/mol. The first kappa shape index (κ1) is 19.9. The fraction of sp³-hybridized carbons (Fsp3) is 0.615. The van der Waals surface area contributed by atoms with E-state index in [1.54, 1.807) is 0 Å². The first-order valence-corrected chi connectivity index (χ1v) is 6.76. The Morgan fingerprint density at radius 3 is 2.55 bits per heavy atom. The number of carboxylic acids is 1. The molecule has 9 heteroatoms. The highest BCUT2D eigenvalue weighted by Gasteiger charge is 2.18. The number of nitrogens with two attached hydrogens (primary N) is 2. The number of aliphatic carboxylic acids is 1. The van der Waals surface area contributed by atoms with Crippen LogP contribution in [0.15, 0.2) is 17.1 Å². The molecule has 0 saturated heterocycles. The lowest BCUT2D eigenvalue weighted by atomic mass is 10.1. The number of carbonyl (C=O) groups is 2. The van der Waals surface area contributed by atoms with Gasteiger partial charge in [-0.15, -0.1) is 0 Å². The molecule has 0 aromatic heterocycles. The lowest BCUT2D eigenvalue weighted by molar-refractivity contribution is -0.143. The van der Waals surface area contributed by atoms with Crippen LogP contribution in [0.5, 0.6) is 0 Å². The number of esters is 1. The van der Waals surface area contributed by atoms with Crippen LogP contribution in [-0.4, -0.2) is 60.0 Å². The quantitative estimate of drug-likeness (QED) is 0.102. The molecule has 22 heavy (non-hydrogen) atoms. The topological polar surface area (TPSA) is 160 Å². The van der Waals surface area contributed by atoms with Crippen molar-refractivity contribution in [2.24, 2.45) is 16.5 Å². The van der Waals surface area contributed by atoms with Crippen LogP contribution in [0.2, 0.25) is 0 Å². The van der Waals surface area contributed by atoms with Gasteiger partial charge in [0.15, 0.2) is 5.96 Å². The Morgan fingerprint density at radius 2 is 2.05 bits per heavy atom. The molecule has 0 aromatic rings. The number of nitrogens with one attached hydrogen (secondary N) is 1. The molecule has 2 atom stereocenters. The highest BCUT2D eigenvalue weighted by molar-refractivity contribution is 5.86. The molecule has 0 saturated carbocycles. The molecule has 9 nitrogen and oxygen atoms in total. The van der Waals surface area contributed by atoms with Crippen LogP contribution in [0, 0.1) is 0 Å². The van der Waals surface area contributed by atoms with E-state index in [2.05, 4.69) is 16.9 Å². The summed E-state index contributed by atoms with van der Waals surface area (Å²) in [5, 5.41) is 21.4. The number of carboxylic acid groups (broad SMARTS) is 1. The third-order valence-electron chi connectivity index (χ3n) is 2.60. The van der Waals surface area contributed by atoms with E-state index in [9.17, 15) is 14.7 Å². The number of aliphatic hydroxyl groups excluding tert-OH is 1. The van der Waals surface area contributed by atoms with Crippen molar-refractivity contribution in [3.05, 3.63) is 12.2 Å². The smallest absolute Gasteiger partial charge is 0.333 e. The maximum atomic E-state index is 11.1. The molecule has 0 bridgehead atoms. The number of aliphatic hydroxyl groups is 1. The second-order valence-electron chi connectivity index (χ2n) is 4.78. The first-order valence-electron chi connectivity index (χ1n) is 6.76. The van der Waals surface area contributed by atoms with Crippen molar-refractivity contribution in [1.82, 2.24) is 5.32 Å². The monoisotopic (exact) mass is 316 g/mol. The number of guanidine groups is 1. The highest BCUT2D eigenvalue weighted by Crippen LogP contribution is 2.00. The zero-order chi connectivity index (χ0) is 17.1. The Hall–Kier alpha value is -2.13. The van der Waals surface area contributed by atoms with Crippen LogP contribution >= 0.6 is 0 Å². The zero-order valence-electron chi connectivity index (χ0n) is 12.6. The Morgan fingerprint density at radius 1 is 1.41 bits per heavy atom. The SMILES string of the molecule is C=C(C)C(=O)OCC(O)CN[C@@H](CCCN=C(N)N)C(=O)O. The van der Waals surface area contributed by atoms with E-state index in [0.29, 0.717) is 19.4 Å². The van der Waals surface area contributed by atoms with Gasteiger partial charge in [-0.3, -0.25) is 9.79 Å². The molecule has 1 unspecified atom stereocenters. The van der Waals surface area contributed by atoms with Gasteiger partial charge in [0, 0.05) is 18.7 Å². The Labute approximate surface area is 129 Å². The van der Waals surface area contributed by atoms with Crippen molar-refractivity contribution in [3.63, 3.8) is 0 Å². The van der Waals surface area contributed by atoms with Gasteiger partial charge in [0.25, 0.3) is 0 Å². The number of aliphatic imine (C=N–C) groups is 1. The van der Waals surface area contributed by atoms with Crippen molar-refractivity contribution < 1.29 is 24.5 Å². The lowest BCUT2D eigenvalue weighted by Crippen LogP contribution is -2.42. The summed E-state index contributed by atoms with van der Waals surface area (Å²) < 4.78 is 4.76. The molecule has 0 spiro atoms. The third-order valence-corrected chi connectivity index (χ3v) is 2.60. The van der Waals surface area contributed by atoms with Crippen LogP contribution < -0.4 is 16.8 Å². The molecule has 0 radical (unpaired) electrons. The first-order chi connectivity index (χ1) is 10.2. The number of hydrogen-bond donors (Lipinski definition) is 5. The predicted octanol–water partition coefficient (Wildman–Crippen LogP) is -1.44. The molecular formula is C13H24N4O5. The van der Waals surface area contributed by atoms with Gasteiger partial charge < -0.3 is 31.7 Å². The fourth-order valence-electron chi connectivity index (χ4n) is 1.45. The molecule has 0 aliphatic rings. The molecular weight excluding hydrogens is 292 g/mol. The number of hydrogen-bond acceptors (Lipinski definition) is 6. The van der Waals surface area contributed by atoms with E-state index in [0.717, 1.165) is 0 Å². The molecule has 0 fully saturated rings. The Kier molecular flexibility index (Phi) is 9.55. The second-order valence-corrected chi connectivity index (χ2v) is 4.78. The van der Waals surface area contributed by atoms with Gasteiger partial charge in [0.2, 0.25) is 0 Å². The largest absolute Gasteiger partial charge is 0.480 e. The van der Waals surface area contributed by atoms with Crippen molar-refractivity contribution >= 4 is 17.9 Å². The number of carbonyl (C=O) groups excluding carboxylic acids is 1. The average Bonchev–Trinajstić information content (AvgIpc) is 2.42. The van der Waals surface area contributed by atoms with E-state index < -0.39 is 24.1 Å². The average molecular weight is 316 g/mol. The van der Waals surface area contributed by atoms with Gasteiger partial charge in [0.1, 0.15) is 18.8 Å². The highest BCUT2D eigenvalue weighted by atomic mass is 16.5. The van der Waals surface area contributed by atoms with Gasteiger partial charge in [-0.2, -0.15) is 0 Å². The van der Waals surface area contributed by atoms with Gasteiger partial charge in [-0.05, 0) is 19.8 Å². The van der Waals surface area contributed by atoms with Gasteiger partial charge >= 0.3 is 11.9 Å². The third kappa shape index (κ3) is 9.72. The lowest BCUT2D eigenvalue weighted by Gasteiger charge is -2.17. The Balaban J connectivity index is 4.08. The molecule has 0 aliphatic carbocycles. The Bertz CT molecular complexity index is 421. The number of rotatable bonds is 11. The fourth-order valence-corrected chi connectivity index (χ4v) is 1.45. The van der Waals surface area contributed by atoms with E-state index >= 15 is 0 Å². The summed E-state index contributed by atoms with van der Waals surface area (Å²) in [6, 6.07) is -0.847. The summed E-state index contributed by atoms with van der Waals surface area (Å²) in [6.45, 7) is 4.96. The van der Waals surface area contributed by atoms with E-state index in [4.69, 9.17) is 21.3 Å². The van der Waals surface area contributed by atoms with Crippen LogP contribution in [0.4, 0.5) is 0 Å². The second kappa shape index (κ2) is 10.6. The van der Waals surface area contributed by atoms with Gasteiger partial charge in [-0.25, -0.2) is 4.79 Å². The van der Waals surface area contributed by atoms with Crippen molar-refractivity contribution in [1.29, 1.82) is 0 Å². The van der Waals surface area contributed by atoms with Crippen LogP contribution in [0.1, 0.15) is 19.8 Å². The molecule has 0 aromatic carbocycles. The van der Waals surface area contributed by atoms with E-state index in [1.165, 1.54) is 6.92 Å². The summed E-state index contributed by atoms with van der Waals surface area (Å²) in [5.41, 5.74) is 10.5. The summed E-state index contributed by atoms with van der Waals surface area (Å²) in [6.07, 6.45) is -0.240. The van der Waals surface area contributed by atoms with Crippen LogP contribution in [0.3, 0.4) is 0 Å². The molecule has 0 amide bonds. The molecule has 0 heterocycles. The van der Waals surface area contributed by atoms with Crippen molar-refractivity contribution in [2.75, 3.05) is 19.7 Å². The minimum absolute atomic E-state index is 0.0251. The normalized spacial score (nSPS) is 13.0. The molecule has 126 valence electrons. The van der Waals surface area contributed by atoms with E-state index in [-0.39, 0.29) is 24.7 Å². The molecule has 7 N–H and O–H groups in total. The number of ether oxygens (including phenoxy) is 1. The van der Waals surface area contributed by atoms with Crippen molar-refractivity contribution in [3.8, 4) is 0 Å². The summed E-state index contributed by atoms with van der Waals surface area (Å²) in [7, 11) is 0. The van der Waals surface area contributed by atoms with Gasteiger partial charge in [-0.1, -0.05) is 6.58 Å². The summed E-state index contributed by atoms with van der Waals surface area (Å²) >= 11 is 0. The summed E-state index contributed by atoms with van der Waals surface area (Å²) in [5.74, 6) is -1.70. The standard InChI is InChI=1S/C13H24N4O5/c1-8(2)12(21)22-7-9(18)6-17-10(11(19)20)4-3-5-16-13(14)15/h9-10,17-18H,1,3-7H2,2H3,(H,19,20)(H4,14,15,16)/t9?,10-/m0/s1. The van der Waals surface area contributed by atoms with Crippen molar-refractivity contribution in [2.45, 2.75) is 31.9 Å². The summed E-state index contributed by atoms with van der Waals surface area (Å²) in [4.78, 5) is 26.0. The maximum Gasteiger partial charge on any atom is 0.333 e. The molecule has 0 rings (SSSR count). The van der Waals surface area contributed by atoms with Gasteiger partial charge in [0.05, 0.1) is 0 Å².